The Kier molecular flexibility index (Phi) is 4.47. The van der Waals surface area contributed by atoms with Crippen LogP contribution in [0.3, 0.4) is 0 Å². The van der Waals surface area contributed by atoms with E-state index in [1.165, 1.54) is 0 Å². The lowest BCUT2D eigenvalue weighted by atomic mass is 10.1. The van der Waals surface area contributed by atoms with E-state index in [0.29, 0.717) is 24.4 Å². The van der Waals surface area contributed by atoms with E-state index < -0.39 is 5.97 Å². The van der Waals surface area contributed by atoms with Gasteiger partial charge in [0.15, 0.2) is 0 Å². The van der Waals surface area contributed by atoms with E-state index in [9.17, 15) is 4.79 Å². The third kappa shape index (κ3) is 3.53. The number of carbonyl (C=O) groups excluding carboxylic acids is 1. The molecule has 6 heteroatoms. The molecule has 1 aromatic carbocycles. The van der Waals surface area contributed by atoms with Crippen LogP contribution in [0, 0.1) is 0 Å². The largest absolute Gasteiger partial charge is 0.462 e. The van der Waals surface area contributed by atoms with Crippen molar-refractivity contribution in [1.29, 1.82) is 0 Å². The van der Waals surface area contributed by atoms with Crippen LogP contribution in [0.4, 0.5) is 11.4 Å². The van der Waals surface area contributed by atoms with Crippen LogP contribution < -0.4 is 10.6 Å². The fraction of sp³-hybridized carbons (Fsp3) is 0.333. The Hall–Kier alpha value is -2.50. The van der Waals surface area contributed by atoms with Crippen LogP contribution in [0.25, 0.3) is 0 Å². The van der Waals surface area contributed by atoms with Gasteiger partial charge < -0.3 is 15.4 Å². The number of carbonyl (C=O) groups is 1. The van der Waals surface area contributed by atoms with Crippen molar-refractivity contribution >= 4 is 17.3 Å². The maximum atomic E-state index is 11.9. The lowest BCUT2D eigenvalue weighted by Crippen LogP contribution is -2.17. The standard InChI is InChI=1S/C15H20N4O2/c1-4-21-15(20)13-7-12(5-6-14(13)16)18(2)9-11-8-17-19(3)10-11/h5-8,10H,4,9,16H2,1-3H3. The number of aromatic nitrogens is 2. The molecular weight excluding hydrogens is 268 g/mol. The zero-order chi connectivity index (χ0) is 15.4. The second kappa shape index (κ2) is 6.30. The van der Waals surface area contributed by atoms with Gasteiger partial charge in [0.1, 0.15) is 0 Å². The first-order valence-electron chi connectivity index (χ1n) is 6.76. The van der Waals surface area contributed by atoms with Gasteiger partial charge in [0, 0.05) is 43.8 Å². The van der Waals surface area contributed by atoms with Gasteiger partial charge in [0.2, 0.25) is 0 Å². The lowest BCUT2D eigenvalue weighted by Gasteiger charge is -2.19. The summed E-state index contributed by atoms with van der Waals surface area (Å²) < 4.78 is 6.77. The number of nitrogens with zero attached hydrogens (tertiary/aromatic N) is 3. The molecule has 2 rings (SSSR count). The van der Waals surface area contributed by atoms with E-state index in [1.54, 1.807) is 23.7 Å². The van der Waals surface area contributed by atoms with E-state index in [1.807, 2.05) is 37.5 Å². The van der Waals surface area contributed by atoms with Gasteiger partial charge in [0.05, 0.1) is 18.4 Å². The molecule has 2 N–H and O–H groups in total. The molecule has 0 saturated carbocycles. The van der Waals surface area contributed by atoms with Gasteiger partial charge in [-0.05, 0) is 25.1 Å². The highest BCUT2D eigenvalue weighted by Crippen LogP contribution is 2.22. The van der Waals surface area contributed by atoms with Gasteiger partial charge in [-0.15, -0.1) is 0 Å². The number of ether oxygens (including phenoxy) is 1. The maximum Gasteiger partial charge on any atom is 0.340 e. The number of nitrogen functional groups attached to an aromatic ring is 1. The van der Waals surface area contributed by atoms with E-state index in [0.717, 1.165) is 11.3 Å². The van der Waals surface area contributed by atoms with Crippen molar-refractivity contribution in [3.05, 3.63) is 41.7 Å². The van der Waals surface area contributed by atoms with Crippen LogP contribution in [0.2, 0.25) is 0 Å². The summed E-state index contributed by atoms with van der Waals surface area (Å²) in [6, 6.07) is 5.36. The third-order valence-corrected chi connectivity index (χ3v) is 3.15. The highest BCUT2D eigenvalue weighted by molar-refractivity contribution is 5.96. The Morgan fingerprint density at radius 2 is 2.24 bits per heavy atom. The molecule has 0 saturated heterocycles. The summed E-state index contributed by atoms with van der Waals surface area (Å²) in [7, 11) is 3.83. The highest BCUT2D eigenvalue weighted by Gasteiger charge is 2.13. The number of benzene rings is 1. The molecule has 0 spiro atoms. The van der Waals surface area contributed by atoms with Crippen molar-refractivity contribution in [3.8, 4) is 0 Å². The molecule has 0 radical (unpaired) electrons. The highest BCUT2D eigenvalue weighted by atomic mass is 16.5. The van der Waals surface area contributed by atoms with Crippen molar-refractivity contribution in [1.82, 2.24) is 9.78 Å². The molecule has 0 atom stereocenters. The molecule has 21 heavy (non-hydrogen) atoms. The fourth-order valence-corrected chi connectivity index (χ4v) is 2.09. The molecule has 6 nitrogen and oxygen atoms in total. The normalized spacial score (nSPS) is 10.4. The van der Waals surface area contributed by atoms with Crippen LogP contribution in [0.1, 0.15) is 22.8 Å². The number of aryl methyl sites for hydroxylation is 1. The van der Waals surface area contributed by atoms with Gasteiger partial charge in [-0.3, -0.25) is 4.68 Å². The predicted octanol–water partition coefficient (Wildman–Crippen LogP) is 1.82. The molecule has 0 fully saturated rings. The molecule has 0 bridgehead atoms. The first-order valence-corrected chi connectivity index (χ1v) is 6.76. The monoisotopic (exact) mass is 288 g/mol. The van der Waals surface area contributed by atoms with Crippen molar-refractivity contribution in [2.75, 3.05) is 24.3 Å². The molecule has 2 aromatic rings. The quantitative estimate of drug-likeness (QED) is 0.671. The average molecular weight is 288 g/mol. The lowest BCUT2D eigenvalue weighted by molar-refractivity contribution is 0.0527. The van der Waals surface area contributed by atoms with E-state index in [2.05, 4.69) is 5.10 Å². The van der Waals surface area contributed by atoms with Crippen LogP contribution in [0.15, 0.2) is 30.6 Å². The SMILES string of the molecule is CCOC(=O)c1cc(N(C)Cc2cnn(C)c2)ccc1N. The average Bonchev–Trinajstić information content (AvgIpc) is 2.84. The minimum absolute atomic E-state index is 0.327. The minimum atomic E-state index is -0.397. The zero-order valence-corrected chi connectivity index (χ0v) is 12.5. The van der Waals surface area contributed by atoms with Gasteiger partial charge in [-0.1, -0.05) is 0 Å². The summed E-state index contributed by atoms with van der Waals surface area (Å²) in [6.07, 6.45) is 3.78. The summed E-state index contributed by atoms with van der Waals surface area (Å²) in [4.78, 5) is 13.9. The van der Waals surface area contributed by atoms with Gasteiger partial charge >= 0.3 is 5.97 Å². The maximum absolute atomic E-state index is 11.9. The van der Waals surface area contributed by atoms with E-state index in [-0.39, 0.29) is 0 Å². The molecular formula is C15H20N4O2. The number of anilines is 2. The molecule has 1 heterocycles. The Labute approximate surface area is 124 Å². The predicted molar refractivity (Wildman–Crippen MR) is 82.1 cm³/mol. The zero-order valence-electron chi connectivity index (χ0n) is 12.5. The van der Waals surface area contributed by atoms with Crippen LogP contribution >= 0.6 is 0 Å². The van der Waals surface area contributed by atoms with Crippen LogP contribution in [-0.2, 0) is 18.3 Å². The Morgan fingerprint density at radius 3 is 2.86 bits per heavy atom. The molecule has 0 amide bonds. The minimum Gasteiger partial charge on any atom is -0.462 e. The van der Waals surface area contributed by atoms with Crippen LogP contribution in [-0.4, -0.2) is 29.4 Å². The summed E-state index contributed by atoms with van der Waals surface area (Å²) in [5.41, 5.74) is 8.65. The summed E-state index contributed by atoms with van der Waals surface area (Å²) in [6.45, 7) is 2.79. The molecule has 0 aliphatic heterocycles. The number of hydrogen-bond donors (Lipinski definition) is 1. The first kappa shape index (κ1) is 14.9. The van der Waals surface area contributed by atoms with E-state index >= 15 is 0 Å². The van der Waals surface area contributed by atoms with Crippen molar-refractivity contribution < 1.29 is 9.53 Å². The van der Waals surface area contributed by atoms with Gasteiger partial charge in [0.25, 0.3) is 0 Å². The van der Waals surface area contributed by atoms with E-state index in [4.69, 9.17) is 10.5 Å². The Bertz CT molecular complexity index is 636. The van der Waals surface area contributed by atoms with Crippen LogP contribution in [0.5, 0.6) is 0 Å². The number of hydrogen-bond acceptors (Lipinski definition) is 5. The number of rotatable bonds is 5. The van der Waals surface area contributed by atoms with Gasteiger partial charge in [-0.2, -0.15) is 5.10 Å². The second-order valence-electron chi connectivity index (χ2n) is 4.87. The molecule has 0 unspecified atom stereocenters. The molecule has 0 aliphatic carbocycles. The molecule has 112 valence electrons. The molecule has 0 aliphatic rings. The van der Waals surface area contributed by atoms with Crippen molar-refractivity contribution in [2.24, 2.45) is 7.05 Å². The van der Waals surface area contributed by atoms with Crippen molar-refractivity contribution in [2.45, 2.75) is 13.5 Å². The van der Waals surface area contributed by atoms with Gasteiger partial charge in [-0.25, -0.2) is 4.79 Å². The summed E-state index contributed by atoms with van der Waals surface area (Å²) in [5, 5.41) is 4.14. The smallest absolute Gasteiger partial charge is 0.340 e. The first-order chi connectivity index (χ1) is 10.0. The summed E-state index contributed by atoms with van der Waals surface area (Å²) >= 11 is 0. The summed E-state index contributed by atoms with van der Waals surface area (Å²) in [5.74, 6) is -0.397. The Morgan fingerprint density at radius 1 is 1.48 bits per heavy atom. The molecule has 1 aromatic heterocycles. The topological polar surface area (TPSA) is 73.4 Å². The number of nitrogens with two attached hydrogens (primary N) is 1. The fourth-order valence-electron chi connectivity index (χ4n) is 2.09. The third-order valence-electron chi connectivity index (χ3n) is 3.15. The second-order valence-corrected chi connectivity index (χ2v) is 4.87. The Balaban J connectivity index is 2.19. The van der Waals surface area contributed by atoms with Crippen molar-refractivity contribution in [3.63, 3.8) is 0 Å². The number of esters is 1.